The summed E-state index contributed by atoms with van der Waals surface area (Å²) in [4.78, 5) is 40.7. The fraction of sp³-hybridized carbons (Fsp3) is 0.885. The highest BCUT2D eigenvalue weighted by Gasteiger charge is 2.68. The van der Waals surface area contributed by atoms with Crippen molar-refractivity contribution in [2.75, 3.05) is 6.54 Å². The summed E-state index contributed by atoms with van der Waals surface area (Å²) in [5, 5.41) is 15.7. The minimum Gasteiger partial charge on any atom is -0.404 e. The standard InChI is InChI=1S/C26H47BN6O6/c1-8-16(4)22(34)30-18(10-9-11-29-24(28)32-33(36)37)23(35)31-21(12-15(2)3)27-38-20-14-17-13-19(25(17,5)6)26(20,7)39-27/h15-21H,8-14H2,1-7H3,(H,30,34)(H,31,35)(H3,28,29,32)/t16-,17+,18-,19+,20+,21-,26-/m0/s1. The first kappa shape index (κ1) is 31.1. The van der Waals surface area contributed by atoms with Gasteiger partial charge in [0, 0.05) is 12.5 Å². The van der Waals surface area contributed by atoms with Crippen molar-refractivity contribution in [1.82, 2.24) is 16.1 Å². The van der Waals surface area contributed by atoms with Crippen molar-refractivity contribution in [3.05, 3.63) is 10.1 Å². The van der Waals surface area contributed by atoms with Crippen molar-refractivity contribution >= 4 is 24.9 Å². The molecular formula is C26H47BN6O6. The molecule has 2 bridgehead atoms. The van der Waals surface area contributed by atoms with Gasteiger partial charge in [-0.15, -0.1) is 0 Å². The zero-order chi connectivity index (χ0) is 29.1. The third-order valence-electron chi connectivity index (χ3n) is 9.18. The maximum Gasteiger partial charge on any atom is 0.481 e. The van der Waals surface area contributed by atoms with Gasteiger partial charge >= 0.3 is 7.12 Å². The summed E-state index contributed by atoms with van der Waals surface area (Å²) >= 11 is 0. The first-order valence-corrected chi connectivity index (χ1v) is 14.3. The van der Waals surface area contributed by atoms with Gasteiger partial charge < -0.3 is 25.7 Å². The summed E-state index contributed by atoms with van der Waals surface area (Å²) in [6.07, 6.45) is 4.10. The normalized spacial score (nSPS) is 29.6. The third kappa shape index (κ3) is 7.03. The van der Waals surface area contributed by atoms with Crippen LogP contribution in [0.25, 0.3) is 0 Å². The van der Waals surface area contributed by atoms with E-state index in [0.717, 1.165) is 12.8 Å². The zero-order valence-corrected chi connectivity index (χ0v) is 24.5. The van der Waals surface area contributed by atoms with E-state index < -0.39 is 18.2 Å². The Morgan fingerprint density at radius 3 is 2.46 bits per heavy atom. The highest BCUT2D eigenvalue weighted by molar-refractivity contribution is 6.48. The van der Waals surface area contributed by atoms with Crippen LogP contribution in [0.4, 0.5) is 0 Å². The number of nitrogens with one attached hydrogen (secondary N) is 3. The van der Waals surface area contributed by atoms with Crippen molar-refractivity contribution in [3.63, 3.8) is 0 Å². The van der Waals surface area contributed by atoms with Gasteiger partial charge in [-0.3, -0.25) is 9.59 Å². The lowest BCUT2D eigenvalue weighted by Crippen LogP contribution is -2.65. The van der Waals surface area contributed by atoms with Crippen LogP contribution in [0.15, 0.2) is 4.99 Å². The van der Waals surface area contributed by atoms with Gasteiger partial charge in [0.15, 0.2) is 5.03 Å². The van der Waals surface area contributed by atoms with E-state index in [1.807, 2.05) is 13.8 Å². The number of aliphatic imine (C=N–C) groups is 1. The molecule has 1 heterocycles. The summed E-state index contributed by atoms with van der Waals surface area (Å²) in [5.74, 6) is -0.131. The molecule has 220 valence electrons. The van der Waals surface area contributed by atoms with Crippen LogP contribution in [0.1, 0.15) is 87.0 Å². The Balaban J connectivity index is 1.70. The lowest BCUT2D eigenvalue weighted by Gasteiger charge is -2.64. The number of nitrogens with zero attached hydrogens (tertiary/aromatic N) is 2. The first-order valence-electron chi connectivity index (χ1n) is 14.3. The van der Waals surface area contributed by atoms with E-state index in [1.54, 1.807) is 5.43 Å². The Morgan fingerprint density at radius 1 is 1.18 bits per heavy atom. The number of nitrogens with two attached hydrogens (primary N) is 1. The fourth-order valence-electron chi connectivity index (χ4n) is 6.49. The predicted molar refractivity (Wildman–Crippen MR) is 149 cm³/mol. The van der Waals surface area contributed by atoms with Crippen LogP contribution < -0.4 is 21.8 Å². The summed E-state index contributed by atoms with van der Waals surface area (Å²) in [6, 6.07) is -0.799. The van der Waals surface area contributed by atoms with Crippen LogP contribution in [0.3, 0.4) is 0 Å². The van der Waals surface area contributed by atoms with Gasteiger partial charge in [0.2, 0.25) is 11.8 Å². The second-order valence-corrected chi connectivity index (χ2v) is 12.7. The molecule has 4 rings (SSSR count). The molecule has 0 aromatic rings. The number of carbonyl (C=O) groups excluding carboxylic acids is 2. The van der Waals surface area contributed by atoms with Gasteiger partial charge in [-0.05, 0) is 68.6 Å². The average molecular weight is 551 g/mol. The van der Waals surface area contributed by atoms with Gasteiger partial charge in [0.25, 0.3) is 5.96 Å². The van der Waals surface area contributed by atoms with Crippen molar-refractivity contribution in [1.29, 1.82) is 0 Å². The number of amides is 2. The molecule has 1 saturated heterocycles. The zero-order valence-electron chi connectivity index (χ0n) is 24.5. The molecule has 0 aromatic heterocycles. The van der Waals surface area contributed by atoms with E-state index in [2.05, 4.69) is 50.2 Å². The maximum atomic E-state index is 13.6. The number of hydrogen-bond donors (Lipinski definition) is 4. The van der Waals surface area contributed by atoms with Crippen LogP contribution in [-0.2, 0) is 18.9 Å². The quantitative estimate of drug-likeness (QED) is 0.0675. The molecule has 7 atom stereocenters. The molecule has 12 nitrogen and oxygen atoms in total. The minimum atomic E-state index is -0.799. The molecule has 0 radical (unpaired) electrons. The number of hydrogen-bond acceptors (Lipinski definition) is 7. The van der Waals surface area contributed by atoms with Gasteiger partial charge in [-0.1, -0.05) is 47.0 Å². The molecule has 3 aliphatic carbocycles. The van der Waals surface area contributed by atoms with Crippen LogP contribution in [0.2, 0.25) is 0 Å². The molecule has 13 heteroatoms. The van der Waals surface area contributed by atoms with Crippen LogP contribution >= 0.6 is 0 Å². The highest BCUT2D eigenvalue weighted by Crippen LogP contribution is 2.65. The monoisotopic (exact) mass is 550 g/mol. The lowest BCUT2D eigenvalue weighted by molar-refractivity contribution is -0.525. The van der Waals surface area contributed by atoms with E-state index in [1.165, 1.54) is 0 Å². The summed E-state index contributed by atoms with van der Waals surface area (Å²) < 4.78 is 13.1. The van der Waals surface area contributed by atoms with E-state index in [4.69, 9.17) is 15.0 Å². The Morgan fingerprint density at radius 2 is 1.87 bits per heavy atom. The molecule has 2 amide bonds. The number of nitro groups is 1. The van der Waals surface area contributed by atoms with Gasteiger partial charge in [-0.2, -0.15) is 0 Å². The first-order chi connectivity index (χ1) is 18.2. The molecular weight excluding hydrogens is 503 g/mol. The highest BCUT2D eigenvalue weighted by atomic mass is 16.7. The Hall–Kier alpha value is -2.41. The summed E-state index contributed by atoms with van der Waals surface area (Å²) in [6.45, 7) is 14.9. The van der Waals surface area contributed by atoms with Crippen LogP contribution in [-0.4, -0.2) is 60.2 Å². The molecule has 0 spiro atoms. The van der Waals surface area contributed by atoms with Gasteiger partial charge in [0.1, 0.15) is 6.04 Å². The van der Waals surface area contributed by atoms with Gasteiger partial charge in [-0.25, -0.2) is 15.1 Å². The van der Waals surface area contributed by atoms with E-state index in [0.29, 0.717) is 37.5 Å². The molecule has 1 aliphatic heterocycles. The second-order valence-electron chi connectivity index (χ2n) is 12.7. The van der Waals surface area contributed by atoms with Gasteiger partial charge in [0.05, 0.1) is 17.6 Å². The predicted octanol–water partition coefficient (Wildman–Crippen LogP) is 2.19. The Kier molecular flexibility index (Phi) is 9.90. The molecule has 3 saturated carbocycles. The number of hydrazine groups is 1. The van der Waals surface area contributed by atoms with Crippen LogP contribution in [0.5, 0.6) is 0 Å². The van der Waals surface area contributed by atoms with Crippen LogP contribution in [0, 0.1) is 39.2 Å². The number of rotatable bonds is 13. The second kappa shape index (κ2) is 12.4. The minimum absolute atomic E-state index is 0.00263. The van der Waals surface area contributed by atoms with Crippen molar-refractivity contribution in [3.8, 4) is 0 Å². The number of guanidine groups is 1. The summed E-state index contributed by atoms with van der Waals surface area (Å²) in [5.41, 5.74) is 7.10. The van der Waals surface area contributed by atoms with E-state index >= 15 is 0 Å². The maximum absolute atomic E-state index is 13.6. The SMILES string of the molecule is CC[C@H](C)C(=O)N[C@@H](CCCN=C(N)N[N+](=O)[O-])C(=O)N[C@@H](CC(C)C)B1O[C@@H]2C[C@H]3C[C@H](C3(C)C)[C@]2(C)O1. The fourth-order valence-corrected chi connectivity index (χ4v) is 6.49. The van der Waals surface area contributed by atoms with E-state index in [9.17, 15) is 19.7 Å². The largest absolute Gasteiger partial charge is 0.481 e. The van der Waals surface area contributed by atoms with Crippen molar-refractivity contribution in [2.24, 2.45) is 39.8 Å². The topological polar surface area (TPSA) is 170 Å². The molecule has 4 aliphatic rings. The molecule has 39 heavy (non-hydrogen) atoms. The lowest BCUT2D eigenvalue weighted by atomic mass is 9.43. The number of carbonyl (C=O) groups is 2. The molecule has 5 N–H and O–H groups in total. The average Bonchev–Trinajstić information content (AvgIpc) is 3.21. The summed E-state index contributed by atoms with van der Waals surface area (Å²) in [7, 11) is -0.565. The Labute approximate surface area is 232 Å². The molecule has 0 aromatic carbocycles. The van der Waals surface area contributed by atoms with Crippen molar-refractivity contribution in [2.45, 2.75) is 111 Å². The smallest absolute Gasteiger partial charge is 0.404 e. The molecule has 4 fully saturated rings. The van der Waals surface area contributed by atoms with E-state index in [-0.39, 0.29) is 59.2 Å². The third-order valence-corrected chi connectivity index (χ3v) is 9.18. The Bertz CT molecular complexity index is 948. The van der Waals surface area contributed by atoms with Crippen molar-refractivity contribution < 1.29 is 23.9 Å². The molecule has 0 unspecified atom stereocenters.